The van der Waals surface area contributed by atoms with E-state index in [0.717, 1.165) is 5.56 Å². The van der Waals surface area contributed by atoms with Crippen LogP contribution in [0.3, 0.4) is 0 Å². The molecule has 0 aliphatic carbocycles. The molecule has 2 nitrogen and oxygen atoms in total. The van der Waals surface area contributed by atoms with Gasteiger partial charge in [-0.25, -0.2) is 0 Å². The van der Waals surface area contributed by atoms with Crippen LogP contribution >= 0.6 is 0 Å². The molecular formula is C9H11FO2. The monoisotopic (exact) mass is 170 g/mol. The lowest BCUT2D eigenvalue weighted by molar-refractivity contribution is -0.138. The molecule has 0 spiro atoms. The molecule has 3 heteroatoms. The van der Waals surface area contributed by atoms with Crippen LogP contribution < -0.4 is 0 Å². The largest absolute Gasteiger partial charge is 0.481 e. The number of carboxylic acids is 1. The summed E-state index contributed by atoms with van der Waals surface area (Å²) in [5, 5.41) is 8.64. The minimum atomic E-state index is -0.781. The minimum absolute atomic E-state index is 0. The van der Waals surface area contributed by atoms with Crippen LogP contribution in [-0.2, 0) is 4.79 Å². The van der Waals surface area contributed by atoms with Gasteiger partial charge in [0.05, 0.1) is 5.92 Å². The molecule has 0 heterocycles. The molecule has 0 radical (unpaired) electrons. The molecule has 0 aromatic heterocycles. The standard InChI is InChI=1S/C9H10O2.FH/c1-7(9(10)11)8-5-3-2-4-6-8;/h2-7H,1H3,(H,10,11);1H. The summed E-state index contributed by atoms with van der Waals surface area (Å²) in [6.07, 6.45) is 0. The molecule has 12 heavy (non-hydrogen) atoms. The summed E-state index contributed by atoms with van der Waals surface area (Å²) in [6.45, 7) is 1.68. The van der Waals surface area contributed by atoms with Gasteiger partial charge in [-0.15, -0.1) is 0 Å². The van der Waals surface area contributed by atoms with Crippen molar-refractivity contribution in [3.8, 4) is 0 Å². The Morgan fingerprint density at radius 2 is 1.83 bits per heavy atom. The summed E-state index contributed by atoms with van der Waals surface area (Å²) in [5.41, 5.74) is 0.847. The molecule has 0 fully saturated rings. The lowest BCUT2D eigenvalue weighted by Crippen LogP contribution is -2.06. The highest BCUT2D eigenvalue weighted by atomic mass is 19.0. The Bertz CT molecular complexity index is 246. The van der Waals surface area contributed by atoms with Crippen molar-refractivity contribution in [1.29, 1.82) is 0 Å². The highest BCUT2D eigenvalue weighted by molar-refractivity contribution is 5.75. The Labute approximate surface area is 70.2 Å². The van der Waals surface area contributed by atoms with E-state index in [9.17, 15) is 4.79 Å². The van der Waals surface area contributed by atoms with E-state index in [2.05, 4.69) is 0 Å². The number of rotatable bonds is 2. The molecule has 0 saturated heterocycles. The molecule has 66 valence electrons. The fourth-order valence-corrected chi connectivity index (χ4v) is 0.884. The number of carbonyl (C=O) groups is 1. The molecular weight excluding hydrogens is 159 g/mol. The van der Waals surface area contributed by atoms with E-state index < -0.39 is 11.9 Å². The maximum absolute atomic E-state index is 10.5. The Hall–Kier alpha value is -1.38. The first-order valence-corrected chi connectivity index (χ1v) is 3.49. The van der Waals surface area contributed by atoms with Crippen molar-refractivity contribution in [1.82, 2.24) is 0 Å². The van der Waals surface area contributed by atoms with Crippen molar-refractivity contribution in [3.63, 3.8) is 0 Å². The smallest absolute Gasteiger partial charge is 0.310 e. The van der Waals surface area contributed by atoms with Crippen molar-refractivity contribution in [2.75, 3.05) is 0 Å². The zero-order chi connectivity index (χ0) is 8.27. The molecule has 0 bridgehead atoms. The summed E-state index contributed by atoms with van der Waals surface area (Å²) >= 11 is 0. The van der Waals surface area contributed by atoms with Gasteiger partial charge in [0.15, 0.2) is 0 Å². The number of halogens is 1. The van der Waals surface area contributed by atoms with E-state index >= 15 is 0 Å². The van der Waals surface area contributed by atoms with E-state index in [1.807, 2.05) is 30.3 Å². The van der Waals surface area contributed by atoms with Gasteiger partial charge in [-0.05, 0) is 12.5 Å². The first-order chi connectivity index (χ1) is 5.22. The topological polar surface area (TPSA) is 37.3 Å². The third-order valence-corrected chi connectivity index (χ3v) is 1.67. The summed E-state index contributed by atoms with van der Waals surface area (Å²) < 4.78 is 0. The molecule has 0 saturated carbocycles. The maximum Gasteiger partial charge on any atom is 0.310 e. The first kappa shape index (κ1) is 10.6. The van der Waals surface area contributed by atoms with Gasteiger partial charge in [-0.2, -0.15) is 0 Å². The van der Waals surface area contributed by atoms with Crippen LogP contribution in [0.5, 0.6) is 0 Å². The van der Waals surface area contributed by atoms with Gasteiger partial charge in [-0.1, -0.05) is 30.3 Å². The van der Waals surface area contributed by atoms with Gasteiger partial charge in [0.1, 0.15) is 0 Å². The number of benzene rings is 1. The van der Waals surface area contributed by atoms with Crippen molar-refractivity contribution in [2.45, 2.75) is 12.8 Å². The van der Waals surface area contributed by atoms with Crippen LogP contribution in [0, 0.1) is 0 Å². The van der Waals surface area contributed by atoms with E-state index in [4.69, 9.17) is 5.11 Å². The van der Waals surface area contributed by atoms with Crippen LogP contribution in [0.15, 0.2) is 30.3 Å². The van der Waals surface area contributed by atoms with Crippen molar-refractivity contribution >= 4 is 5.97 Å². The number of hydrogen-bond acceptors (Lipinski definition) is 1. The predicted molar refractivity (Wildman–Crippen MR) is 45.0 cm³/mol. The van der Waals surface area contributed by atoms with Gasteiger partial charge in [0.2, 0.25) is 0 Å². The molecule has 1 unspecified atom stereocenters. The molecule has 0 aliphatic heterocycles. The molecule has 1 aromatic carbocycles. The highest BCUT2D eigenvalue weighted by Crippen LogP contribution is 2.13. The lowest BCUT2D eigenvalue weighted by atomic mass is 10.0. The van der Waals surface area contributed by atoms with E-state index in [0.29, 0.717) is 0 Å². The molecule has 0 amide bonds. The average Bonchev–Trinajstić information content (AvgIpc) is 2.05. The predicted octanol–water partition coefficient (Wildman–Crippen LogP) is 2.03. The summed E-state index contributed by atoms with van der Waals surface area (Å²) in [7, 11) is 0. The van der Waals surface area contributed by atoms with Crippen LogP contribution in [0.4, 0.5) is 4.70 Å². The SMILES string of the molecule is CC(C(=O)O)c1ccccc1.F. The van der Waals surface area contributed by atoms with Crippen LogP contribution in [0.2, 0.25) is 0 Å². The molecule has 1 N–H and O–H groups in total. The van der Waals surface area contributed by atoms with Crippen molar-refractivity contribution in [3.05, 3.63) is 35.9 Å². The van der Waals surface area contributed by atoms with Crippen LogP contribution in [0.25, 0.3) is 0 Å². The molecule has 1 aromatic rings. The minimum Gasteiger partial charge on any atom is -0.481 e. The second-order valence-corrected chi connectivity index (χ2v) is 2.47. The zero-order valence-electron chi connectivity index (χ0n) is 6.73. The van der Waals surface area contributed by atoms with Crippen LogP contribution in [-0.4, -0.2) is 11.1 Å². The maximum atomic E-state index is 10.5. The Balaban J connectivity index is 0.00000121. The number of carboxylic acid groups (broad SMARTS) is 1. The van der Waals surface area contributed by atoms with E-state index in [1.165, 1.54) is 0 Å². The quantitative estimate of drug-likeness (QED) is 0.737. The van der Waals surface area contributed by atoms with Crippen molar-refractivity contribution < 1.29 is 14.6 Å². The Kier molecular flexibility index (Phi) is 3.97. The number of aliphatic carboxylic acids is 1. The van der Waals surface area contributed by atoms with Gasteiger partial charge in [-0.3, -0.25) is 9.50 Å². The van der Waals surface area contributed by atoms with Gasteiger partial charge in [0.25, 0.3) is 0 Å². The van der Waals surface area contributed by atoms with Gasteiger partial charge in [0, 0.05) is 0 Å². The number of hydrogen-bond donors (Lipinski definition) is 1. The summed E-state index contributed by atoms with van der Waals surface area (Å²) in [6, 6.07) is 9.19. The third kappa shape index (κ3) is 2.34. The Morgan fingerprint density at radius 1 is 1.33 bits per heavy atom. The molecule has 0 aliphatic rings. The van der Waals surface area contributed by atoms with Crippen molar-refractivity contribution in [2.24, 2.45) is 0 Å². The summed E-state index contributed by atoms with van der Waals surface area (Å²) in [5.74, 6) is -1.19. The second kappa shape index (κ2) is 4.49. The summed E-state index contributed by atoms with van der Waals surface area (Å²) in [4.78, 5) is 10.5. The molecule has 1 atom stereocenters. The lowest BCUT2D eigenvalue weighted by Gasteiger charge is -2.04. The third-order valence-electron chi connectivity index (χ3n) is 1.67. The van der Waals surface area contributed by atoms with E-state index in [1.54, 1.807) is 6.92 Å². The first-order valence-electron chi connectivity index (χ1n) is 3.49. The average molecular weight is 170 g/mol. The molecule has 1 rings (SSSR count). The van der Waals surface area contributed by atoms with E-state index in [-0.39, 0.29) is 4.70 Å². The highest BCUT2D eigenvalue weighted by Gasteiger charge is 2.11. The van der Waals surface area contributed by atoms with Gasteiger partial charge < -0.3 is 5.11 Å². The van der Waals surface area contributed by atoms with Crippen LogP contribution in [0.1, 0.15) is 18.4 Å². The van der Waals surface area contributed by atoms with Gasteiger partial charge >= 0.3 is 5.97 Å². The zero-order valence-corrected chi connectivity index (χ0v) is 6.73. The second-order valence-electron chi connectivity index (χ2n) is 2.47. The fourth-order valence-electron chi connectivity index (χ4n) is 0.884. The Morgan fingerprint density at radius 3 is 2.25 bits per heavy atom. The normalized spacial score (nSPS) is 11.4. The fraction of sp³-hybridized carbons (Fsp3) is 0.222.